The third-order valence-electron chi connectivity index (χ3n) is 6.55. The fourth-order valence-corrected chi connectivity index (χ4v) is 5.40. The molecule has 1 aromatic heterocycles. The summed E-state index contributed by atoms with van der Waals surface area (Å²) < 4.78 is 6.15. The number of amides is 1. The highest BCUT2D eigenvalue weighted by Gasteiger charge is 2.10. The number of carbonyl (C=O) groups is 1. The fourth-order valence-electron chi connectivity index (χ4n) is 4.44. The van der Waals surface area contributed by atoms with Crippen molar-refractivity contribution in [1.29, 1.82) is 0 Å². The summed E-state index contributed by atoms with van der Waals surface area (Å²) in [5.41, 5.74) is 7.60. The van der Waals surface area contributed by atoms with Crippen molar-refractivity contribution in [3.63, 3.8) is 0 Å². The van der Waals surface area contributed by atoms with Crippen LogP contribution in [0.4, 0.5) is 10.8 Å². The second-order valence-corrected chi connectivity index (χ2v) is 10.7. The van der Waals surface area contributed by atoms with Gasteiger partial charge in [-0.05, 0) is 58.8 Å². The van der Waals surface area contributed by atoms with Crippen LogP contribution in [0, 0.1) is 0 Å². The standard InChI is InChI=1S/C34H25ClN4O2S/c35-27-9-6-7-23(19-27)21-41-32-18-17-24-8-4-5-12-29(24)30(32)20-36-39-33(40)26-15-13-25(14-16-26)31-22-42-34(38-31)37-28-10-2-1-3-11-28/h1-20,22H,21H2,(H,37,38)(H,39,40)/b36-20-. The second kappa shape index (κ2) is 12.7. The molecule has 2 N–H and O–H groups in total. The minimum absolute atomic E-state index is 0.316. The van der Waals surface area contributed by atoms with Gasteiger partial charge in [-0.25, -0.2) is 10.4 Å². The maximum absolute atomic E-state index is 12.9. The third kappa shape index (κ3) is 6.49. The molecule has 0 aliphatic carbocycles. The van der Waals surface area contributed by atoms with Crippen molar-refractivity contribution in [3.05, 3.63) is 142 Å². The van der Waals surface area contributed by atoms with Crippen molar-refractivity contribution < 1.29 is 9.53 Å². The van der Waals surface area contributed by atoms with Crippen molar-refractivity contribution >= 4 is 56.7 Å². The molecule has 5 aromatic carbocycles. The quantitative estimate of drug-likeness (QED) is 0.131. The number of rotatable bonds is 9. The normalized spacial score (nSPS) is 11.1. The van der Waals surface area contributed by atoms with Crippen LogP contribution >= 0.6 is 22.9 Å². The number of hydrogen-bond donors (Lipinski definition) is 2. The lowest BCUT2D eigenvalue weighted by molar-refractivity contribution is 0.0955. The molecule has 0 atom stereocenters. The van der Waals surface area contributed by atoms with E-state index in [1.807, 2.05) is 109 Å². The summed E-state index contributed by atoms with van der Waals surface area (Å²) in [6, 6.07) is 36.6. The Balaban J connectivity index is 1.14. The number of ether oxygens (including phenoxy) is 1. The summed E-state index contributed by atoms with van der Waals surface area (Å²) in [6.45, 7) is 0.348. The van der Waals surface area contributed by atoms with E-state index in [0.717, 1.165) is 44.0 Å². The number of benzene rings is 5. The van der Waals surface area contributed by atoms with Gasteiger partial charge >= 0.3 is 0 Å². The zero-order valence-corrected chi connectivity index (χ0v) is 23.9. The maximum atomic E-state index is 12.9. The van der Waals surface area contributed by atoms with E-state index < -0.39 is 0 Å². The smallest absolute Gasteiger partial charge is 0.271 e. The first kappa shape index (κ1) is 27.2. The molecule has 0 fully saturated rings. The molecule has 0 saturated carbocycles. The molecule has 8 heteroatoms. The van der Waals surface area contributed by atoms with Crippen LogP contribution in [0.2, 0.25) is 5.02 Å². The minimum atomic E-state index is -0.316. The monoisotopic (exact) mass is 588 g/mol. The van der Waals surface area contributed by atoms with Gasteiger partial charge in [-0.15, -0.1) is 11.3 Å². The Morgan fingerprint density at radius 2 is 1.71 bits per heavy atom. The van der Waals surface area contributed by atoms with Crippen LogP contribution in [0.15, 0.2) is 126 Å². The predicted molar refractivity (Wildman–Crippen MR) is 172 cm³/mol. The highest BCUT2D eigenvalue weighted by molar-refractivity contribution is 7.14. The number of thiazole rings is 1. The van der Waals surface area contributed by atoms with E-state index in [1.165, 1.54) is 11.3 Å². The number of aromatic nitrogens is 1. The average molecular weight is 589 g/mol. The van der Waals surface area contributed by atoms with E-state index in [9.17, 15) is 4.79 Å². The van der Waals surface area contributed by atoms with Gasteiger partial charge in [0.25, 0.3) is 5.91 Å². The van der Waals surface area contributed by atoms with E-state index >= 15 is 0 Å². The van der Waals surface area contributed by atoms with E-state index in [1.54, 1.807) is 18.3 Å². The van der Waals surface area contributed by atoms with E-state index in [0.29, 0.717) is 22.9 Å². The summed E-state index contributed by atoms with van der Waals surface area (Å²) in [6.07, 6.45) is 1.62. The molecule has 0 saturated heterocycles. The molecular weight excluding hydrogens is 564 g/mol. The highest BCUT2D eigenvalue weighted by Crippen LogP contribution is 2.29. The van der Waals surface area contributed by atoms with Crippen LogP contribution in [-0.4, -0.2) is 17.1 Å². The number of nitrogens with zero attached hydrogens (tertiary/aromatic N) is 2. The Kier molecular flexibility index (Phi) is 8.21. The van der Waals surface area contributed by atoms with Gasteiger partial charge in [0, 0.05) is 32.8 Å². The summed E-state index contributed by atoms with van der Waals surface area (Å²) >= 11 is 7.66. The van der Waals surface area contributed by atoms with Crippen molar-refractivity contribution in [2.24, 2.45) is 5.10 Å². The lowest BCUT2D eigenvalue weighted by atomic mass is 10.0. The first-order valence-corrected chi connectivity index (χ1v) is 14.5. The van der Waals surface area contributed by atoms with E-state index in [2.05, 4.69) is 20.8 Å². The van der Waals surface area contributed by atoms with E-state index in [-0.39, 0.29) is 5.91 Å². The second-order valence-electron chi connectivity index (χ2n) is 9.42. The van der Waals surface area contributed by atoms with Crippen LogP contribution < -0.4 is 15.5 Å². The van der Waals surface area contributed by atoms with Gasteiger partial charge in [0.05, 0.1) is 11.9 Å². The number of hydrogen-bond acceptors (Lipinski definition) is 6. The van der Waals surface area contributed by atoms with Gasteiger partial charge in [-0.2, -0.15) is 5.10 Å². The first-order valence-electron chi connectivity index (χ1n) is 13.2. The number of hydrazone groups is 1. The number of carbonyl (C=O) groups excluding carboxylic acids is 1. The molecular formula is C34H25ClN4O2S. The molecule has 1 amide bonds. The molecule has 1 heterocycles. The molecule has 6 nitrogen and oxygen atoms in total. The maximum Gasteiger partial charge on any atom is 0.271 e. The Labute approximate surface area is 252 Å². The highest BCUT2D eigenvalue weighted by atomic mass is 35.5. The van der Waals surface area contributed by atoms with Gasteiger partial charge in [-0.3, -0.25) is 4.79 Å². The number of para-hydroxylation sites is 1. The van der Waals surface area contributed by atoms with Crippen molar-refractivity contribution in [3.8, 4) is 17.0 Å². The average Bonchev–Trinajstić information content (AvgIpc) is 3.49. The number of halogens is 1. The van der Waals surface area contributed by atoms with Crippen molar-refractivity contribution in [1.82, 2.24) is 10.4 Å². The predicted octanol–water partition coefficient (Wildman–Crippen LogP) is 8.70. The van der Waals surface area contributed by atoms with Crippen LogP contribution in [0.25, 0.3) is 22.0 Å². The van der Waals surface area contributed by atoms with Crippen LogP contribution in [0.3, 0.4) is 0 Å². The zero-order chi connectivity index (χ0) is 28.7. The lowest BCUT2D eigenvalue weighted by Gasteiger charge is -2.12. The Morgan fingerprint density at radius 1 is 0.905 bits per heavy atom. The summed E-state index contributed by atoms with van der Waals surface area (Å²) in [7, 11) is 0. The number of nitrogens with one attached hydrogen (secondary N) is 2. The first-order chi connectivity index (χ1) is 20.6. The van der Waals surface area contributed by atoms with Crippen LogP contribution in [0.5, 0.6) is 5.75 Å². The summed E-state index contributed by atoms with van der Waals surface area (Å²) in [4.78, 5) is 17.6. The van der Waals surface area contributed by atoms with Crippen molar-refractivity contribution in [2.45, 2.75) is 6.61 Å². The van der Waals surface area contributed by atoms with Gasteiger partial charge in [-0.1, -0.05) is 84.4 Å². The number of fused-ring (bicyclic) bond motifs is 1. The molecule has 0 bridgehead atoms. The van der Waals surface area contributed by atoms with Crippen LogP contribution in [0.1, 0.15) is 21.5 Å². The molecule has 0 aliphatic heterocycles. The topological polar surface area (TPSA) is 75.6 Å². The molecule has 206 valence electrons. The SMILES string of the molecule is O=C(N/N=C\c1c(OCc2cccc(Cl)c2)ccc2ccccc12)c1ccc(-c2csc(Nc3ccccc3)n2)cc1. The molecule has 42 heavy (non-hydrogen) atoms. The van der Waals surface area contributed by atoms with Crippen LogP contribution in [-0.2, 0) is 6.61 Å². The Morgan fingerprint density at radius 3 is 2.55 bits per heavy atom. The van der Waals surface area contributed by atoms with E-state index in [4.69, 9.17) is 16.3 Å². The lowest BCUT2D eigenvalue weighted by Crippen LogP contribution is -2.17. The molecule has 0 aliphatic rings. The fraction of sp³-hybridized carbons (Fsp3) is 0.0294. The minimum Gasteiger partial charge on any atom is -0.488 e. The van der Waals surface area contributed by atoms with Crippen molar-refractivity contribution in [2.75, 3.05) is 5.32 Å². The van der Waals surface area contributed by atoms with Gasteiger partial charge < -0.3 is 10.1 Å². The van der Waals surface area contributed by atoms with Gasteiger partial charge in [0.15, 0.2) is 5.13 Å². The summed E-state index contributed by atoms with van der Waals surface area (Å²) in [5, 5.41) is 13.0. The molecule has 0 spiro atoms. The largest absolute Gasteiger partial charge is 0.488 e. The molecule has 0 unspecified atom stereocenters. The number of anilines is 2. The molecule has 0 radical (unpaired) electrons. The molecule has 6 rings (SSSR count). The third-order valence-corrected chi connectivity index (χ3v) is 7.54. The Hall–Kier alpha value is -4.98. The summed E-state index contributed by atoms with van der Waals surface area (Å²) in [5.74, 6) is 0.338. The van der Waals surface area contributed by atoms with Gasteiger partial charge in [0.1, 0.15) is 12.4 Å². The Bertz CT molecular complexity index is 1870. The zero-order valence-electron chi connectivity index (χ0n) is 22.3. The van der Waals surface area contributed by atoms with Gasteiger partial charge in [0.2, 0.25) is 0 Å². The molecule has 6 aromatic rings.